The van der Waals surface area contributed by atoms with Crippen LogP contribution in [0.25, 0.3) is 10.9 Å². The Labute approximate surface area is 92.1 Å². The number of aliphatic hydroxyl groups excluding tert-OH is 1. The van der Waals surface area contributed by atoms with E-state index in [1.807, 2.05) is 16.8 Å². The monoisotopic (exact) mass is 220 g/mol. The molecule has 0 radical (unpaired) electrons. The van der Waals surface area contributed by atoms with Gasteiger partial charge in [0.1, 0.15) is 0 Å². The molecule has 0 aliphatic carbocycles. The van der Waals surface area contributed by atoms with E-state index in [1.54, 1.807) is 12.1 Å². The molecule has 2 rings (SSSR count). The van der Waals surface area contributed by atoms with Crippen molar-refractivity contribution < 1.29 is 10.0 Å². The van der Waals surface area contributed by atoms with Crippen molar-refractivity contribution in [1.29, 1.82) is 0 Å². The smallest absolute Gasteiger partial charge is 0.270 e. The standard InChI is InChI=1S/C11H12N2O3/c14-7-1-5-12-6-4-9-8-10(13(15)16)2-3-11(9)12/h2-4,6,8,14H,1,5,7H2. The van der Waals surface area contributed by atoms with Crippen LogP contribution in [-0.4, -0.2) is 21.2 Å². The molecule has 0 saturated heterocycles. The molecule has 1 N–H and O–H groups in total. The first-order chi connectivity index (χ1) is 7.72. The molecule has 0 bridgehead atoms. The van der Waals surface area contributed by atoms with Gasteiger partial charge in [-0.3, -0.25) is 10.1 Å². The minimum Gasteiger partial charge on any atom is -0.396 e. The number of nitrogens with zero attached hydrogens (tertiary/aromatic N) is 2. The van der Waals surface area contributed by atoms with E-state index in [0.29, 0.717) is 6.42 Å². The molecule has 0 aliphatic heterocycles. The van der Waals surface area contributed by atoms with E-state index in [0.717, 1.165) is 17.4 Å². The van der Waals surface area contributed by atoms with Gasteiger partial charge < -0.3 is 9.67 Å². The van der Waals surface area contributed by atoms with Gasteiger partial charge in [0.2, 0.25) is 0 Å². The summed E-state index contributed by atoms with van der Waals surface area (Å²) in [6, 6.07) is 6.65. The Hall–Kier alpha value is -1.88. The van der Waals surface area contributed by atoms with Crippen LogP contribution in [0.15, 0.2) is 30.5 Å². The summed E-state index contributed by atoms with van der Waals surface area (Å²) in [6.45, 7) is 0.866. The van der Waals surface area contributed by atoms with Gasteiger partial charge in [-0.05, 0) is 18.6 Å². The van der Waals surface area contributed by atoms with Crippen LogP contribution in [0.5, 0.6) is 0 Å². The van der Waals surface area contributed by atoms with Crippen LogP contribution in [0.1, 0.15) is 6.42 Å². The van der Waals surface area contributed by atoms with Crippen LogP contribution in [0.3, 0.4) is 0 Å². The maximum atomic E-state index is 10.6. The number of aryl methyl sites for hydroxylation is 1. The van der Waals surface area contributed by atoms with Crippen LogP contribution in [0, 0.1) is 10.1 Å². The molecular weight excluding hydrogens is 208 g/mol. The fourth-order valence-corrected chi connectivity index (χ4v) is 1.74. The van der Waals surface area contributed by atoms with Crippen molar-refractivity contribution in [3.05, 3.63) is 40.6 Å². The van der Waals surface area contributed by atoms with Gasteiger partial charge in [-0.15, -0.1) is 0 Å². The summed E-state index contributed by atoms with van der Waals surface area (Å²) in [4.78, 5) is 10.2. The van der Waals surface area contributed by atoms with Gasteiger partial charge in [0.15, 0.2) is 0 Å². The van der Waals surface area contributed by atoms with Crippen molar-refractivity contribution in [2.75, 3.05) is 6.61 Å². The van der Waals surface area contributed by atoms with Crippen molar-refractivity contribution in [3.8, 4) is 0 Å². The summed E-state index contributed by atoms with van der Waals surface area (Å²) >= 11 is 0. The maximum Gasteiger partial charge on any atom is 0.270 e. The molecule has 0 fully saturated rings. The molecule has 1 heterocycles. The number of nitro benzene ring substituents is 1. The maximum absolute atomic E-state index is 10.6. The zero-order valence-corrected chi connectivity index (χ0v) is 8.67. The third-order valence-electron chi connectivity index (χ3n) is 2.52. The molecule has 0 aliphatic rings. The zero-order valence-electron chi connectivity index (χ0n) is 8.67. The van der Waals surface area contributed by atoms with Crippen LogP contribution in [0.2, 0.25) is 0 Å². The van der Waals surface area contributed by atoms with Crippen molar-refractivity contribution in [1.82, 2.24) is 4.57 Å². The molecule has 2 aromatic rings. The normalized spacial score (nSPS) is 10.8. The van der Waals surface area contributed by atoms with E-state index >= 15 is 0 Å². The first kappa shape index (κ1) is 10.6. The predicted molar refractivity (Wildman–Crippen MR) is 60.3 cm³/mol. The lowest BCUT2D eigenvalue weighted by Gasteiger charge is -2.03. The fourth-order valence-electron chi connectivity index (χ4n) is 1.74. The summed E-state index contributed by atoms with van der Waals surface area (Å²) in [6.07, 6.45) is 2.56. The molecule has 0 unspecified atom stereocenters. The van der Waals surface area contributed by atoms with E-state index < -0.39 is 4.92 Å². The van der Waals surface area contributed by atoms with E-state index in [9.17, 15) is 10.1 Å². The number of nitro groups is 1. The van der Waals surface area contributed by atoms with E-state index in [1.165, 1.54) is 6.07 Å². The van der Waals surface area contributed by atoms with E-state index in [-0.39, 0.29) is 12.3 Å². The molecule has 0 spiro atoms. The molecule has 1 aromatic heterocycles. The molecule has 16 heavy (non-hydrogen) atoms. The Morgan fingerprint density at radius 3 is 2.88 bits per heavy atom. The van der Waals surface area contributed by atoms with Crippen molar-refractivity contribution in [3.63, 3.8) is 0 Å². The van der Waals surface area contributed by atoms with Crippen LogP contribution < -0.4 is 0 Å². The number of aromatic nitrogens is 1. The number of rotatable bonds is 4. The molecule has 0 amide bonds. The zero-order chi connectivity index (χ0) is 11.5. The Bertz CT molecular complexity index is 519. The van der Waals surface area contributed by atoms with Crippen LogP contribution in [0.4, 0.5) is 5.69 Å². The molecule has 1 aromatic carbocycles. The highest BCUT2D eigenvalue weighted by Gasteiger charge is 2.08. The number of hydrogen-bond acceptors (Lipinski definition) is 3. The van der Waals surface area contributed by atoms with E-state index in [2.05, 4.69) is 0 Å². The number of non-ortho nitro benzene ring substituents is 1. The number of fused-ring (bicyclic) bond motifs is 1. The highest BCUT2D eigenvalue weighted by molar-refractivity contribution is 5.82. The van der Waals surface area contributed by atoms with Crippen molar-refractivity contribution >= 4 is 16.6 Å². The van der Waals surface area contributed by atoms with Crippen LogP contribution in [-0.2, 0) is 6.54 Å². The second kappa shape index (κ2) is 4.32. The average Bonchev–Trinajstić information content (AvgIpc) is 2.68. The minimum absolute atomic E-state index is 0.104. The predicted octanol–water partition coefficient (Wildman–Crippen LogP) is 1.93. The first-order valence-electron chi connectivity index (χ1n) is 5.06. The third kappa shape index (κ3) is 1.90. The van der Waals surface area contributed by atoms with Gasteiger partial charge >= 0.3 is 0 Å². The summed E-state index contributed by atoms with van der Waals surface area (Å²) in [7, 11) is 0. The van der Waals surface area contributed by atoms with E-state index in [4.69, 9.17) is 5.11 Å². The Morgan fingerprint density at radius 1 is 1.38 bits per heavy atom. The molecule has 5 heteroatoms. The fraction of sp³-hybridized carbons (Fsp3) is 0.273. The molecule has 0 saturated carbocycles. The first-order valence-corrected chi connectivity index (χ1v) is 5.06. The third-order valence-corrected chi connectivity index (χ3v) is 2.52. The largest absolute Gasteiger partial charge is 0.396 e. The Kier molecular flexibility index (Phi) is 2.87. The lowest BCUT2D eigenvalue weighted by Crippen LogP contribution is -1.98. The van der Waals surface area contributed by atoms with Crippen LogP contribution >= 0.6 is 0 Å². The number of benzene rings is 1. The highest BCUT2D eigenvalue weighted by Crippen LogP contribution is 2.21. The SMILES string of the molecule is O=[N+]([O-])c1ccc2c(ccn2CCCO)c1. The molecular formula is C11H12N2O3. The summed E-state index contributed by atoms with van der Waals surface area (Å²) in [5, 5.41) is 20.2. The average molecular weight is 220 g/mol. The number of hydrogen-bond donors (Lipinski definition) is 1. The Morgan fingerprint density at radius 2 is 2.19 bits per heavy atom. The van der Waals surface area contributed by atoms with Gasteiger partial charge in [0, 0.05) is 42.4 Å². The molecule has 5 nitrogen and oxygen atoms in total. The number of aliphatic hydroxyl groups is 1. The minimum atomic E-state index is -0.398. The summed E-state index contributed by atoms with van der Waals surface area (Å²) in [5.41, 5.74) is 1.06. The lowest BCUT2D eigenvalue weighted by molar-refractivity contribution is -0.384. The molecule has 84 valence electrons. The van der Waals surface area contributed by atoms with Crippen molar-refractivity contribution in [2.24, 2.45) is 0 Å². The second-order valence-electron chi connectivity index (χ2n) is 3.59. The van der Waals surface area contributed by atoms with Gasteiger partial charge in [0.25, 0.3) is 5.69 Å². The topological polar surface area (TPSA) is 68.3 Å². The highest BCUT2D eigenvalue weighted by atomic mass is 16.6. The van der Waals surface area contributed by atoms with Gasteiger partial charge in [-0.1, -0.05) is 0 Å². The van der Waals surface area contributed by atoms with Gasteiger partial charge in [-0.2, -0.15) is 0 Å². The second-order valence-corrected chi connectivity index (χ2v) is 3.59. The lowest BCUT2D eigenvalue weighted by atomic mass is 10.2. The van der Waals surface area contributed by atoms with Crippen molar-refractivity contribution in [2.45, 2.75) is 13.0 Å². The van der Waals surface area contributed by atoms with Gasteiger partial charge in [0.05, 0.1) is 4.92 Å². The van der Waals surface area contributed by atoms with Gasteiger partial charge in [-0.25, -0.2) is 0 Å². The quantitative estimate of drug-likeness (QED) is 0.632. The summed E-state index contributed by atoms with van der Waals surface area (Å²) in [5.74, 6) is 0. The summed E-state index contributed by atoms with van der Waals surface area (Å²) < 4.78 is 1.98. The Balaban J connectivity index is 2.38. The molecule has 0 atom stereocenters.